The smallest absolute Gasteiger partial charge is 0.297 e. The van der Waals surface area contributed by atoms with Crippen molar-refractivity contribution in [3.63, 3.8) is 0 Å². The third-order valence-corrected chi connectivity index (χ3v) is 2.39. The monoisotopic (exact) mass is 268 g/mol. The van der Waals surface area contributed by atoms with Crippen molar-refractivity contribution in [3.05, 3.63) is 29.8 Å². The van der Waals surface area contributed by atoms with Crippen LogP contribution in [0.3, 0.4) is 0 Å². The summed E-state index contributed by atoms with van der Waals surface area (Å²) in [5, 5.41) is 6.06. The zero-order chi connectivity index (χ0) is 13.5. The molecular formula is C12H13ClN2O3. The minimum absolute atomic E-state index is 0.0385. The van der Waals surface area contributed by atoms with Gasteiger partial charge in [0.15, 0.2) is 5.78 Å². The predicted octanol–water partition coefficient (Wildman–Crippen LogP) is 3.40. The number of halogens is 1. The van der Waals surface area contributed by atoms with Crippen molar-refractivity contribution in [2.75, 3.05) is 5.32 Å². The summed E-state index contributed by atoms with van der Waals surface area (Å²) in [4.78, 5) is 26.8. The fourth-order valence-corrected chi connectivity index (χ4v) is 1.12. The zero-order valence-corrected chi connectivity index (χ0v) is 10.8. The van der Waals surface area contributed by atoms with Gasteiger partial charge in [-0.05, 0) is 31.2 Å². The maximum Gasteiger partial charge on any atom is 0.437 e. The van der Waals surface area contributed by atoms with Crippen molar-refractivity contribution in [1.82, 2.24) is 0 Å². The van der Waals surface area contributed by atoms with E-state index in [9.17, 15) is 9.59 Å². The van der Waals surface area contributed by atoms with Crippen molar-refractivity contribution < 1.29 is 14.4 Å². The summed E-state index contributed by atoms with van der Waals surface area (Å²) in [6, 6.07) is 6.42. The Balaban J connectivity index is 2.57. The molecule has 0 spiro atoms. The maximum absolute atomic E-state index is 11.3. The van der Waals surface area contributed by atoms with Gasteiger partial charge in [0.25, 0.3) is 0 Å². The standard InChI is InChI=1S/C12H13ClN2O3/c1-3-11(13)15-18-12(17)14-10-6-4-9(5-7-10)8(2)16/h4-7H,3H2,1-2H3,(H,14,17). The molecule has 0 saturated heterocycles. The molecular weight excluding hydrogens is 256 g/mol. The molecule has 6 heteroatoms. The first-order chi connectivity index (χ1) is 8.52. The lowest BCUT2D eigenvalue weighted by Crippen LogP contribution is -2.11. The highest BCUT2D eigenvalue weighted by Crippen LogP contribution is 2.10. The number of carbonyl (C=O) groups excluding carboxylic acids is 2. The molecule has 0 aliphatic heterocycles. The Labute approximate surface area is 110 Å². The molecule has 1 amide bonds. The summed E-state index contributed by atoms with van der Waals surface area (Å²) in [7, 11) is 0. The van der Waals surface area contributed by atoms with E-state index in [1.165, 1.54) is 6.92 Å². The van der Waals surface area contributed by atoms with E-state index in [1.54, 1.807) is 31.2 Å². The van der Waals surface area contributed by atoms with Gasteiger partial charge >= 0.3 is 6.09 Å². The Morgan fingerprint density at radius 1 is 1.33 bits per heavy atom. The van der Waals surface area contributed by atoms with Gasteiger partial charge in [-0.1, -0.05) is 23.7 Å². The number of nitrogens with zero attached hydrogens (tertiary/aromatic N) is 1. The van der Waals surface area contributed by atoms with Gasteiger partial charge in [0.2, 0.25) is 0 Å². The van der Waals surface area contributed by atoms with Gasteiger partial charge in [-0.15, -0.1) is 0 Å². The van der Waals surface area contributed by atoms with Crippen molar-refractivity contribution >= 4 is 34.3 Å². The lowest BCUT2D eigenvalue weighted by atomic mass is 10.1. The summed E-state index contributed by atoms with van der Waals surface area (Å²) in [6.07, 6.45) is -0.250. The van der Waals surface area contributed by atoms with Gasteiger partial charge in [-0.25, -0.2) is 4.79 Å². The van der Waals surface area contributed by atoms with Crippen LogP contribution in [0.1, 0.15) is 30.6 Å². The van der Waals surface area contributed by atoms with Crippen LogP contribution in [0, 0.1) is 0 Å². The number of ketones is 1. The van der Waals surface area contributed by atoms with E-state index in [-0.39, 0.29) is 11.0 Å². The molecule has 0 atom stereocenters. The number of Topliss-reactive ketones (excluding diaryl/α,β-unsaturated/α-hetero) is 1. The number of amides is 1. The van der Waals surface area contributed by atoms with Gasteiger partial charge in [0.05, 0.1) is 0 Å². The Kier molecular flexibility index (Phi) is 5.32. The molecule has 1 aromatic rings. The Bertz CT molecular complexity index is 469. The maximum atomic E-state index is 11.3. The molecule has 0 bridgehead atoms. The van der Waals surface area contributed by atoms with E-state index in [0.29, 0.717) is 17.7 Å². The van der Waals surface area contributed by atoms with Crippen molar-refractivity contribution in [1.29, 1.82) is 0 Å². The first kappa shape index (κ1) is 14.2. The van der Waals surface area contributed by atoms with Crippen LogP contribution in [-0.2, 0) is 4.84 Å². The van der Waals surface area contributed by atoms with Crippen LogP contribution in [0.5, 0.6) is 0 Å². The van der Waals surface area contributed by atoms with Crippen LogP contribution >= 0.6 is 11.6 Å². The highest BCUT2D eigenvalue weighted by atomic mass is 35.5. The van der Waals surface area contributed by atoms with Crippen LogP contribution in [0.25, 0.3) is 0 Å². The van der Waals surface area contributed by atoms with Crippen LogP contribution < -0.4 is 5.32 Å². The van der Waals surface area contributed by atoms with Gasteiger partial charge in [0, 0.05) is 17.7 Å². The Morgan fingerprint density at radius 2 is 1.94 bits per heavy atom. The van der Waals surface area contributed by atoms with E-state index in [4.69, 9.17) is 11.6 Å². The SMILES string of the molecule is CCC(Cl)=NOC(=O)Nc1ccc(C(C)=O)cc1. The average Bonchev–Trinajstić information content (AvgIpc) is 2.36. The predicted molar refractivity (Wildman–Crippen MR) is 70.1 cm³/mol. The van der Waals surface area contributed by atoms with E-state index in [1.807, 2.05) is 0 Å². The van der Waals surface area contributed by atoms with Gasteiger partial charge in [-0.3, -0.25) is 14.9 Å². The zero-order valence-electron chi connectivity index (χ0n) is 10.1. The van der Waals surface area contributed by atoms with Crippen molar-refractivity contribution in [3.8, 4) is 0 Å². The summed E-state index contributed by atoms with van der Waals surface area (Å²) in [5.41, 5.74) is 1.08. The number of nitrogens with one attached hydrogen (secondary N) is 1. The first-order valence-electron chi connectivity index (χ1n) is 5.34. The van der Waals surface area contributed by atoms with E-state index < -0.39 is 6.09 Å². The lowest BCUT2D eigenvalue weighted by molar-refractivity contribution is 0.101. The number of oxime groups is 1. The second kappa shape index (κ2) is 6.76. The summed E-state index contributed by atoms with van der Waals surface area (Å²) < 4.78 is 0. The molecule has 0 saturated carbocycles. The number of anilines is 1. The summed E-state index contributed by atoms with van der Waals surface area (Å²) in [6.45, 7) is 3.26. The number of rotatable bonds is 4. The normalized spacial score (nSPS) is 10.9. The van der Waals surface area contributed by atoms with E-state index >= 15 is 0 Å². The molecule has 1 aromatic carbocycles. The molecule has 96 valence electrons. The van der Waals surface area contributed by atoms with Gasteiger partial charge in [-0.2, -0.15) is 0 Å². The van der Waals surface area contributed by atoms with E-state index in [0.717, 1.165) is 0 Å². The second-order valence-electron chi connectivity index (χ2n) is 3.46. The molecule has 0 unspecified atom stereocenters. The highest BCUT2D eigenvalue weighted by Gasteiger charge is 2.04. The van der Waals surface area contributed by atoms with Gasteiger partial charge < -0.3 is 0 Å². The fourth-order valence-electron chi connectivity index (χ4n) is 1.08. The number of hydrogen-bond donors (Lipinski definition) is 1. The summed E-state index contributed by atoms with van der Waals surface area (Å²) in [5.74, 6) is -0.0385. The molecule has 0 fully saturated rings. The number of benzene rings is 1. The molecule has 0 aliphatic rings. The number of carbonyl (C=O) groups is 2. The minimum atomic E-state index is -0.739. The van der Waals surface area contributed by atoms with Crippen LogP contribution in [0.4, 0.5) is 10.5 Å². The van der Waals surface area contributed by atoms with Crippen molar-refractivity contribution in [2.24, 2.45) is 5.16 Å². The van der Waals surface area contributed by atoms with E-state index in [2.05, 4.69) is 15.3 Å². The largest absolute Gasteiger partial charge is 0.437 e. The molecule has 5 nitrogen and oxygen atoms in total. The summed E-state index contributed by atoms with van der Waals surface area (Å²) >= 11 is 5.58. The molecule has 0 aliphatic carbocycles. The first-order valence-corrected chi connectivity index (χ1v) is 5.72. The molecule has 18 heavy (non-hydrogen) atoms. The van der Waals surface area contributed by atoms with Gasteiger partial charge in [0.1, 0.15) is 5.17 Å². The Hall–Kier alpha value is -1.88. The third kappa shape index (κ3) is 4.55. The topological polar surface area (TPSA) is 67.8 Å². The lowest BCUT2D eigenvalue weighted by Gasteiger charge is -2.03. The molecule has 0 radical (unpaired) electrons. The highest BCUT2D eigenvalue weighted by molar-refractivity contribution is 6.65. The molecule has 0 aromatic heterocycles. The second-order valence-corrected chi connectivity index (χ2v) is 3.89. The average molecular weight is 269 g/mol. The molecule has 1 N–H and O–H groups in total. The number of hydrogen-bond acceptors (Lipinski definition) is 4. The van der Waals surface area contributed by atoms with Crippen molar-refractivity contribution in [2.45, 2.75) is 20.3 Å². The minimum Gasteiger partial charge on any atom is -0.297 e. The van der Waals surface area contributed by atoms with Crippen LogP contribution in [0.2, 0.25) is 0 Å². The molecule has 1 rings (SSSR count). The fraction of sp³-hybridized carbons (Fsp3) is 0.250. The Morgan fingerprint density at radius 3 is 2.44 bits per heavy atom. The third-order valence-electron chi connectivity index (χ3n) is 2.06. The van der Waals surface area contributed by atoms with Crippen LogP contribution in [0.15, 0.2) is 29.4 Å². The molecule has 0 heterocycles. The van der Waals surface area contributed by atoms with Crippen LogP contribution in [-0.4, -0.2) is 17.0 Å². The quantitative estimate of drug-likeness (QED) is 0.394.